The molecule has 116 valence electrons. The molecular formula is C14H17F3N2O2. The van der Waals surface area contributed by atoms with E-state index in [1.807, 2.05) is 6.92 Å². The smallest absolute Gasteiger partial charge is 0.398 e. The van der Waals surface area contributed by atoms with Gasteiger partial charge in [-0.05, 0) is 25.5 Å². The number of hydrogen-bond acceptors (Lipinski definition) is 3. The third kappa shape index (κ3) is 3.47. The van der Waals surface area contributed by atoms with Gasteiger partial charge in [-0.1, -0.05) is 6.07 Å². The summed E-state index contributed by atoms with van der Waals surface area (Å²) in [4.78, 5) is 13.9. The van der Waals surface area contributed by atoms with Crippen molar-refractivity contribution in [3.8, 4) is 0 Å². The lowest BCUT2D eigenvalue weighted by Crippen LogP contribution is -2.36. The summed E-state index contributed by atoms with van der Waals surface area (Å²) in [7, 11) is 0. The number of nitrogens with zero attached hydrogens (tertiary/aromatic N) is 1. The molecule has 1 atom stereocenters. The van der Waals surface area contributed by atoms with E-state index in [4.69, 9.17) is 10.5 Å². The largest absolute Gasteiger partial charge is 0.418 e. The number of carbonyl (C=O) groups excluding carboxylic acids is 1. The third-order valence-electron chi connectivity index (χ3n) is 3.38. The number of nitrogen functional groups attached to an aromatic ring is 1. The molecule has 1 aromatic rings. The van der Waals surface area contributed by atoms with Crippen LogP contribution < -0.4 is 5.73 Å². The molecule has 4 nitrogen and oxygen atoms in total. The maximum Gasteiger partial charge on any atom is 0.418 e. The molecule has 1 fully saturated rings. The molecule has 1 aliphatic heterocycles. The van der Waals surface area contributed by atoms with Gasteiger partial charge in [-0.2, -0.15) is 13.2 Å². The first-order valence-electron chi connectivity index (χ1n) is 6.67. The van der Waals surface area contributed by atoms with E-state index in [9.17, 15) is 18.0 Å². The SMILES string of the molecule is CC1CN(C(=O)c2cccc(C(F)(F)F)c2N)CCCO1. The Balaban J connectivity index is 2.31. The fourth-order valence-electron chi connectivity index (χ4n) is 2.35. The highest BCUT2D eigenvalue weighted by molar-refractivity contribution is 5.99. The second kappa shape index (κ2) is 5.93. The van der Waals surface area contributed by atoms with Gasteiger partial charge >= 0.3 is 6.18 Å². The molecule has 1 saturated heterocycles. The molecule has 21 heavy (non-hydrogen) atoms. The lowest BCUT2D eigenvalue weighted by atomic mass is 10.1. The normalized spacial score (nSPS) is 20.2. The molecule has 0 bridgehead atoms. The van der Waals surface area contributed by atoms with Gasteiger partial charge in [0.2, 0.25) is 0 Å². The molecule has 0 spiro atoms. The van der Waals surface area contributed by atoms with Crippen LogP contribution in [-0.2, 0) is 10.9 Å². The first kappa shape index (κ1) is 15.6. The maximum absolute atomic E-state index is 12.8. The van der Waals surface area contributed by atoms with Gasteiger partial charge < -0.3 is 15.4 Å². The first-order chi connectivity index (χ1) is 9.80. The highest BCUT2D eigenvalue weighted by Gasteiger charge is 2.35. The molecule has 2 rings (SSSR count). The van der Waals surface area contributed by atoms with Gasteiger partial charge in [-0.3, -0.25) is 4.79 Å². The average Bonchev–Trinajstić information content (AvgIpc) is 2.61. The standard InChI is InChI=1S/C14H17F3N2O2/c1-9-8-19(6-3-7-21-9)13(20)10-4-2-5-11(12(10)18)14(15,16)17/h2,4-5,9H,3,6-8,18H2,1H3. The Morgan fingerprint density at radius 2 is 2.14 bits per heavy atom. The number of ether oxygens (including phenoxy) is 1. The highest BCUT2D eigenvalue weighted by atomic mass is 19.4. The Morgan fingerprint density at radius 1 is 1.43 bits per heavy atom. The number of benzene rings is 1. The van der Waals surface area contributed by atoms with Crippen LogP contribution in [0.1, 0.15) is 29.3 Å². The number of alkyl halides is 3. The van der Waals surface area contributed by atoms with Crippen LogP contribution in [0.4, 0.5) is 18.9 Å². The van der Waals surface area contributed by atoms with Crippen molar-refractivity contribution in [2.75, 3.05) is 25.4 Å². The molecule has 2 N–H and O–H groups in total. The number of halogens is 3. The van der Waals surface area contributed by atoms with Gasteiger partial charge in [-0.25, -0.2) is 0 Å². The molecule has 0 aromatic heterocycles. The molecule has 0 radical (unpaired) electrons. The van der Waals surface area contributed by atoms with Gasteiger partial charge in [0.05, 0.1) is 22.9 Å². The summed E-state index contributed by atoms with van der Waals surface area (Å²) in [6.07, 6.45) is -4.08. The van der Waals surface area contributed by atoms with E-state index < -0.39 is 23.3 Å². The average molecular weight is 302 g/mol. The lowest BCUT2D eigenvalue weighted by molar-refractivity contribution is -0.136. The van der Waals surface area contributed by atoms with E-state index in [-0.39, 0.29) is 11.7 Å². The second-order valence-corrected chi connectivity index (χ2v) is 5.05. The van der Waals surface area contributed by atoms with Crippen LogP contribution >= 0.6 is 0 Å². The van der Waals surface area contributed by atoms with Crippen LogP contribution in [0, 0.1) is 0 Å². The minimum Gasteiger partial charge on any atom is -0.398 e. The highest BCUT2D eigenvalue weighted by Crippen LogP contribution is 2.35. The van der Waals surface area contributed by atoms with Crippen LogP contribution in [0.15, 0.2) is 18.2 Å². The summed E-state index contributed by atoms with van der Waals surface area (Å²) in [6.45, 7) is 3.14. The van der Waals surface area contributed by atoms with E-state index >= 15 is 0 Å². The minimum atomic E-state index is -4.57. The minimum absolute atomic E-state index is 0.112. The van der Waals surface area contributed by atoms with Crippen molar-refractivity contribution in [1.82, 2.24) is 4.90 Å². The van der Waals surface area contributed by atoms with Crippen molar-refractivity contribution < 1.29 is 22.7 Å². The van der Waals surface area contributed by atoms with Gasteiger partial charge in [0.15, 0.2) is 0 Å². The number of para-hydroxylation sites is 1. The number of rotatable bonds is 1. The fourth-order valence-corrected chi connectivity index (χ4v) is 2.35. The number of carbonyl (C=O) groups is 1. The lowest BCUT2D eigenvalue weighted by Gasteiger charge is -2.23. The molecule has 0 aliphatic carbocycles. The van der Waals surface area contributed by atoms with Crippen molar-refractivity contribution in [1.29, 1.82) is 0 Å². The van der Waals surface area contributed by atoms with E-state index in [2.05, 4.69) is 0 Å². The van der Waals surface area contributed by atoms with Crippen LogP contribution in [0.3, 0.4) is 0 Å². The van der Waals surface area contributed by atoms with Gasteiger partial charge in [-0.15, -0.1) is 0 Å². The summed E-state index contributed by atoms with van der Waals surface area (Å²) in [6, 6.07) is 3.40. The van der Waals surface area contributed by atoms with Gasteiger partial charge in [0, 0.05) is 19.7 Å². The van der Waals surface area contributed by atoms with Crippen LogP contribution in [0.5, 0.6) is 0 Å². The topological polar surface area (TPSA) is 55.6 Å². The van der Waals surface area contributed by atoms with E-state index in [1.165, 1.54) is 17.0 Å². The zero-order valence-corrected chi connectivity index (χ0v) is 11.6. The first-order valence-corrected chi connectivity index (χ1v) is 6.67. The fraction of sp³-hybridized carbons (Fsp3) is 0.500. The summed E-state index contributed by atoms with van der Waals surface area (Å²) in [5.74, 6) is -0.490. The van der Waals surface area contributed by atoms with Crippen molar-refractivity contribution in [2.24, 2.45) is 0 Å². The third-order valence-corrected chi connectivity index (χ3v) is 3.38. The number of amides is 1. The monoisotopic (exact) mass is 302 g/mol. The van der Waals surface area contributed by atoms with Gasteiger partial charge in [0.25, 0.3) is 5.91 Å². The molecule has 1 amide bonds. The molecule has 1 aromatic carbocycles. The zero-order valence-electron chi connectivity index (χ0n) is 11.6. The Morgan fingerprint density at radius 3 is 2.81 bits per heavy atom. The molecule has 1 heterocycles. The van der Waals surface area contributed by atoms with Crippen molar-refractivity contribution in [2.45, 2.75) is 25.6 Å². The zero-order chi connectivity index (χ0) is 15.6. The van der Waals surface area contributed by atoms with Crippen LogP contribution in [0.2, 0.25) is 0 Å². The Bertz CT molecular complexity index is 531. The second-order valence-electron chi connectivity index (χ2n) is 5.05. The molecule has 7 heteroatoms. The molecule has 1 unspecified atom stereocenters. The van der Waals surface area contributed by atoms with E-state index in [0.29, 0.717) is 26.1 Å². The number of hydrogen-bond donors (Lipinski definition) is 1. The predicted octanol–water partition coefficient (Wildman–Crippen LogP) is 2.54. The van der Waals surface area contributed by atoms with Crippen molar-refractivity contribution >= 4 is 11.6 Å². The number of anilines is 1. The Labute approximate surface area is 120 Å². The maximum atomic E-state index is 12.8. The van der Waals surface area contributed by atoms with Crippen LogP contribution in [-0.4, -0.2) is 36.6 Å². The summed E-state index contributed by atoms with van der Waals surface area (Å²) < 4.78 is 43.9. The molecule has 1 aliphatic rings. The summed E-state index contributed by atoms with van der Waals surface area (Å²) in [5, 5.41) is 0. The Kier molecular flexibility index (Phi) is 4.41. The predicted molar refractivity (Wildman–Crippen MR) is 71.8 cm³/mol. The van der Waals surface area contributed by atoms with E-state index in [0.717, 1.165) is 6.07 Å². The van der Waals surface area contributed by atoms with Crippen molar-refractivity contribution in [3.05, 3.63) is 29.3 Å². The quantitative estimate of drug-likeness (QED) is 0.811. The Hall–Kier alpha value is -1.76. The molecular weight excluding hydrogens is 285 g/mol. The molecule has 0 saturated carbocycles. The van der Waals surface area contributed by atoms with Crippen molar-refractivity contribution in [3.63, 3.8) is 0 Å². The summed E-state index contributed by atoms with van der Waals surface area (Å²) in [5.41, 5.74) is 3.94. The summed E-state index contributed by atoms with van der Waals surface area (Å²) >= 11 is 0. The van der Waals surface area contributed by atoms with E-state index in [1.54, 1.807) is 0 Å². The van der Waals surface area contributed by atoms with Gasteiger partial charge in [0.1, 0.15) is 0 Å². The van der Waals surface area contributed by atoms with Crippen LogP contribution in [0.25, 0.3) is 0 Å². The number of nitrogens with two attached hydrogens (primary N) is 1.